The monoisotopic (exact) mass is 396 g/mol. The van der Waals surface area contributed by atoms with Crippen molar-refractivity contribution in [3.05, 3.63) is 72.2 Å². The second-order valence-corrected chi connectivity index (χ2v) is 6.60. The SMILES string of the molecule is COc1ccccc1Oc1ccc(C(=O)N2CCN(c3ccccc3F)CC2)o1. The second kappa shape index (κ2) is 8.26. The lowest BCUT2D eigenvalue weighted by atomic mass is 10.2. The van der Waals surface area contributed by atoms with Crippen molar-refractivity contribution in [2.45, 2.75) is 0 Å². The van der Waals surface area contributed by atoms with Gasteiger partial charge in [-0.3, -0.25) is 4.79 Å². The molecule has 1 fully saturated rings. The number of nitrogens with zero attached hydrogens (tertiary/aromatic N) is 2. The summed E-state index contributed by atoms with van der Waals surface area (Å²) in [6, 6.07) is 17.1. The molecular weight excluding hydrogens is 375 g/mol. The van der Waals surface area contributed by atoms with Gasteiger partial charge in [-0.15, -0.1) is 0 Å². The van der Waals surface area contributed by atoms with Gasteiger partial charge in [0, 0.05) is 32.2 Å². The molecule has 1 aliphatic heterocycles. The minimum Gasteiger partial charge on any atom is -0.493 e. The van der Waals surface area contributed by atoms with Crippen molar-refractivity contribution < 1.29 is 23.1 Å². The molecule has 0 atom stereocenters. The van der Waals surface area contributed by atoms with Gasteiger partial charge in [0.1, 0.15) is 5.82 Å². The van der Waals surface area contributed by atoms with Gasteiger partial charge < -0.3 is 23.7 Å². The molecule has 3 aromatic rings. The van der Waals surface area contributed by atoms with Crippen LogP contribution in [0, 0.1) is 5.82 Å². The van der Waals surface area contributed by atoms with E-state index in [-0.39, 0.29) is 23.4 Å². The van der Waals surface area contributed by atoms with Gasteiger partial charge in [-0.2, -0.15) is 0 Å². The van der Waals surface area contributed by atoms with Crippen LogP contribution in [0.15, 0.2) is 65.1 Å². The summed E-state index contributed by atoms with van der Waals surface area (Å²) in [5.41, 5.74) is 0.560. The molecule has 0 radical (unpaired) electrons. The highest BCUT2D eigenvalue weighted by molar-refractivity contribution is 5.91. The van der Waals surface area contributed by atoms with Crippen LogP contribution in [0.3, 0.4) is 0 Å². The number of furan rings is 1. The third-order valence-corrected chi connectivity index (χ3v) is 4.83. The van der Waals surface area contributed by atoms with E-state index in [0.29, 0.717) is 43.4 Å². The van der Waals surface area contributed by atoms with Crippen LogP contribution in [0.5, 0.6) is 17.4 Å². The number of carbonyl (C=O) groups excluding carboxylic acids is 1. The molecule has 1 aromatic heterocycles. The van der Waals surface area contributed by atoms with Gasteiger partial charge >= 0.3 is 0 Å². The van der Waals surface area contributed by atoms with Gasteiger partial charge in [0.15, 0.2) is 17.3 Å². The van der Waals surface area contributed by atoms with E-state index >= 15 is 0 Å². The maximum Gasteiger partial charge on any atom is 0.290 e. The Kier molecular flexibility index (Phi) is 5.37. The minimum atomic E-state index is -0.253. The highest BCUT2D eigenvalue weighted by Crippen LogP contribution is 2.32. The molecule has 1 aliphatic rings. The molecule has 0 unspecified atom stereocenters. The Bertz CT molecular complexity index is 996. The number of hydrogen-bond acceptors (Lipinski definition) is 5. The Labute approximate surface area is 168 Å². The number of piperazine rings is 1. The topological polar surface area (TPSA) is 55.2 Å². The van der Waals surface area contributed by atoms with Crippen molar-refractivity contribution in [1.29, 1.82) is 0 Å². The molecule has 0 bridgehead atoms. The van der Waals surface area contributed by atoms with Gasteiger partial charge in [0.25, 0.3) is 11.9 Å². The van der Waals surface area contributed by atoms with Crippen molar-refractivity contribution >= 4 is 11.6 Å². The highest BCUT2D eigenvalue weighted by Gasteiger charge is 2.25. The lowest BCUT2D eigenvalue weighted by Crippen LogP contribution is -2.49. The summed E-state index contributed by atoms with van der Waals surface area (Å²) in [7, 11) is 1.56. The number of para-hydroxylation sites is 3. The van der Waals surface area contributed by atoms with Gasteiger partial charge in [-0.25, -0.2) is 4.39 Å². The van der Waals surface area contributed by atoms with Crippen LogP contribution < -0.4 is 14.4 Å². The zero-order valence-electron chi connectivity index (χ0n) is 16.0. The molecule has 1 saturated heterocycles. The number of benzene rings is 2. The average molecular weight is 396 g/mol. The number of amides is 1. The fourth-order valence-corrected chi connectivity index (χ4v) is 3.32. The van der Waals surface area contributed by atoms with Gasteiger partial charge in [0.2, 0.25) is 0 Å². The summed E-state index contributed by atoms with van der Waals surface area (Å²) < 4.78 is 30.5. The number of hydrogen-bond donors (Lipinski definition) is 0. The number of halogens is 1. The average Bonchev–Trinajstić information content (AvgIpc) is 3.23. The molecule has 2 aromatic carbocycles. The molecule has 1 amide bonds. The normalized spacial score (nSPS) is 14.0. The molecule has 0 N–H and O–H groups in total. The van der Waals surface area contributed by atoms with Crippen LogP contribution in [0.4, 0.5) is 10.1 Å². The fraction of sp³-hybridized carbons (Fsp3) is 0.227. The van der Waals surface area contributed by atoms with Crippen molar-refractivity contribution in [3.8, 4) is 17.4 Å². The van der Waals surface area contributed by atoms with Crippen molar-refractivity contribution in [2.24, 2.45) is 0 Å². The third-order valence-electron chi connectivity index (χ3n) is 4.83. The number of ether oxygens (including phenoxy) is 2. The van der Waals surface area contributed by atoms with Crippen molar-refractivity contribution in [3.63, 3.8) is 0 Å². The van der Waals surface area contributed by atoms with E-state index in [0.717, 1.165) is 0 Å². The summed E-state index contributed by atoms with van der Waals surface area (Å²) >= 11 is 0. The first-order valence-corrected chi connectivity index (χ1v) is 9.35. The summed E-state index contributed by atoms with van der Waals surface area (Å²) in [5.74, 6) is 1.02. The lowest BCUT2D eigenvalue weighted by Gasteiger charge is -2.35. The van der Waals surface area contributed by atoms with E-state index in [1.165, 1.54) is 6.07 Å². The molecule has 29 heavy (non-hydrogen) atoms. The first kappa shape index (κ1) is 18.9. The Morgan fingerprint density at radius 1 is 0.931 bits per heavy atom. The van der Waals surface area contributed by atoms with Gasteiger partial charge in [0.05, 0.1) is 12.8 Å². The second-order valence-electron chi connectivity index (χ2n) is 6.60. The van der Waals surface area contributed by atoms with Crippen molar-refractivity contribution in [2.75, 3.05) is 38.2 Å². The smallest absolute Gasteiger partial charge is 0.290 e. The number of anilines is 1. The minimum absolute atomic E-state index is 0.203. The van der Waals surface area contributed by atoms with Crippen LogP contribution in [0.1, 0.15) is 10.6 Å². The van der Waals surface area contributed by atoms with E-state index in [9.17, 15) is 9.18 Å². The zero-order valence-corrected chi connectivity index (χ0v) is 16.0. The van der Waals surface area contributed by atoms with E-state index < -0.39 is 0 Å². The Balaban J connectivity index is 1.39. The number of carbonyl (C=O) groups is 1. The summed E-state index contributed by atoms with van der Waals surface area (Å²) in [4.78, 5) is 16.4. The standard InChI is InChI=1S/C22H21FN2O4/c1-27-18-8-4-5-9-19(18)28-21-11-10-20(29-21)22(26)25-14-12-24(13-15-25)17-7-3-2-6-16(17)23/h2-11H,12-15H2,1H3. The molecule has 0 spiro atoms. The number of methoxy groups -OCH3 is 1. The Morgan fingerprint density at radius 3 is 2.34 bits per heavy atom. The van der Waals surface area contributed by atoms with Crippen LogP contribution >= 0.6 is 0 Å². The first-order valence-electron chi connectivity index (χ1n) is 9.35. The summed E-state index contributed by atoms with van der Waals surface area (Å²) in [6.45, 7) is 2.07. The van der Waals surface area contributed by atoms with Crippen LogP contribution in [-0.4, -0.2) is 44.1 Å². The molecule has 6 nitrogen and oxygen atoms in total. The fourth-order valence-electron chi connectivity index (χ4n) is 3.32. The van der Waals surface area contributed by atoms with Crippen LogP contribution in [-0.2, 0) is 0 Å². The molecule has 0 saturated carbocycles. The maximum absolute atomic E-state index is 14.0. The lowest BCUT2D eigenvalue weighted by molar-refractivity contribution is 0.0709. The molecule has 4 rings (SSSR count). The maximum atomic E-state index is 14.0. The first-order chi connectivity index (χ1) is 14.2. The highest BCUT2D eigenvalue weighted by atomic mass is 19.1. The zero-order chi connectivity index (χ0) is 20.2. The van der Waals surface area contributed by atoms with Crippen LogP contribution in [0.25, 0.3) is 0 Å². The quantitative estimate of drug-likeness (QED) is 0.648. The molecule has 7 heteroatoms. The van der Waals surface area contributed by atoms with E-state index in [2.05, 4.69) is 0 Å². The summed E-state index contributed by atoms with van der Waals surface area (Å²) in [5, 5.41) is 0. The van der Waals surface area contributed by atoms with Gasteiger partial charge in [-0.1, -0.05) is 24.3 Å². The molecule has 150 valence electrons. The predicted octanol–water partition coefficient (Wildman–Crippen LogP) is 4.18. The predicted molar refractivity (Wildman–Crippen MR) is 106 cm³/mol. The Morgan fingerprint density at radius 2 is 1.62 bits per heavy atom. The largest absolute Gasteiger partial charge is 0.493 e. The van der Waals surface area contributed by atoms with E-state index in [1.807, 2.05) is 23.1 Å². The molecular formula is C22H21FN2O4. The number of rotatable bonds is 5. The van der Waals surface area contributed by atoms with E-state index in [4.69, 9.17) is 13.9 Å². The summed E-state index contributed by atoms with van der Waals surface area (Å²) in [6.07, 6.45) is 0. The van der Waals surface area contributed by atoms with Crippen LogP contribution in [0.2, 0.25) is 0 Å². The van der Waals surface area contributed by atoms with Gasteiger partial charge in [-0.05, 0) is 30.3 Å². The Hall–Kier alpha value is -3.48. The third kappa shape index (κ3) is 4.03. The molecule has 2 heterocycles. The molecule has 0 aliphatic carbocycles. The van der Waals surface area contributed by atoms with E-state index in [1.54, 1.807) is 48.4 Å². The van der Waals surface area contributed by atoms with Crippen molar-refractivity contribution in [1.82, 2.24) is 4.90 Å².